The van der Waals surface area contributed by atoms with Gasteiger partial charge in [0, 0.05) is 88.1 Å². The number of rotatable bonds is 5. The van der Waals surface area contributed by atoms with Gasteiger partial charge in [0.25, 0.3) is 0 Å². The third-order valence-corrected chi connectivity index (χ3v) is 10.5. The van der Waals surface area contributed by atoms with E-state index in [1.165, 1.54) is 28.5 Å². The first-order valence-corrected chi connectivity index (χ1v) is 15.9. The van der Waals surface area contributed by atoms with Gasteiger partial charge >= 0.3 is 11.9 Å². The first-order chi connectivity index (χ1) is 20.5. The molecule has 5 heterocycles. The number of hydrogen-bond donors (Lipinski definition) is 1. The fraction of sp³-hybridized carbons (Fsp3) is 0.379. The summed E-state index contributed by atoms with van der Waals surface area (Å²) in [7, 11) is 0. The van der Waals surface area contributed by atoms with Crippen molar-refractivity contribution in [2.24, 2.45) is 0 Å². The lowest BCUT2D eigenvalue weighted by Gasteiger charge is -2.46. The van der Waals surface area contributed by atoms with Crippen LogP contribution in [0, 0.1) is 0 Å². The van der Waals surface area contributed by atoms with Gasteiger partial charge in [0.1, 0.15) is 12.0 Å². The number of aliphatic hydroxyl groups is 1. The predicted molar refractivity (Wildman–Crippen MR) is 164 cm³/mol. The van der Waals surface area contributed by atoms with Crippen molar-refractivity contribution in [2.75, 3.05) is 23.7 Å². The van der Waals surface area contributed by atoms with Crippen molar-refractivity contribution < 1.29 is 18.3 Å². The van der Waals surface area contributed by atoms with Crippen molar-refractivity contribution in [1.82, 2.24) is 24.4 Å². The van der Waals surface area contributed by atoms with Gasteiger partial charge < -0.3 is 10.0 Å². The number of hydrogen-bond acceptors (Lipinski definition) is 9. The summed E-state index contributed by atoms with van der Waals surface area (Å²) in [6.45, 7) is 8.39. The molecule has 43 heavy (non-hydrogen) atoms. The van der Waals surface area contributed by atoms with Crippen LogP contribution in [0.25, 0.3) is 21.3 Å². The van der Waals surface area contributed by atoms with Crippen LogP contribution in [0.5, 0.6) is 0 Å². The molecular formula is C29H28ClF3N6O2S2. The van der Waals surface area contributed by atoms with Crippen LogP contribution in [0.4, 0.5) is 19.0 Å². The average Bonchev–Trinajstić information content (AvgIpc) is 3.29. The number of piperazine rings is 1. The van der Waals surface area contributed by atoms with Gasteiger partial charge in [0.15, 0.2) is 0 Å². The number of anilines is 1. The first kappa shape index (κ1) is 30.1. The van der Waals surface area contributed by atoms with E-state index in [4.69, 9.17) is 11.6 Å². The van der Waals surface area contributed by atoms with Gasteiger partial charge in [-0.05, 0) is 32.1 Å². The lowest BCUT2D eigenvalue weighted by Crippen LogP contribution is -2.60. The molecule has 2 aliphatic rings. The third-order valence-electron chi connectivity index (χ3n) is 7.95. The lowest BCUT2D eigenvalue weighted by molar-refractivity contribution is -0.137. The summed E-state index contributed by atoms with van der Waals surface area (Å²) in [5.41, 5.74) is -0.304. The lowest BCUT2D eigenvalue weighted by atomic mass is 10.00. The Morgan fingerprint density at radius 3 is 2.53 bits per heavy atom. The van der Waals surface area contributed by atoms with Crippen LogP contribution in [-0.4, -0.2) is 66.7 Å². The van der Waals surface area contributed by atoms with Crippen molar-refractivity contribution in [2.45, 2.75) is 55.7 Å². The van der Waals surface area contributed by atoms with E-state index in [0.29, 0.717) is 44.8 Å². The summed E-state index contributed by atoms with van der Waals surface area (Å²) in [5, 5.41) is 12.7. The molecule has 1 fully saturated rings. The molecule has 0 bridgehead atoms. The minimum absolute atomic E-state index is 0.00709. The van der Waals surface area contributed by atoms with E-state index >= 15 is 0 Å². The van der Waals surface area contributed by atoms with Crippen molar-refractivity contribution in [3.8, 4) is 10.4 Å². The number of halogens is 4. The zero-order chi connectivity index (χ0) is 30.6. The van der Waals surface area contributed by atoms with Gasteiger partial charge in [0.2, 0.25) is 0 Å². The summed E-state index contributed by atoms with van der Waals surface area (Å²) < 4.78 is 46.2. The molecule has 0 amide bonds. The van der Waals surface area contributed by atoms with Gasteiger partial charge in [0.05, 0.1) is 21.8 Å². The molecule has 3 aromatic heterocycles. The minimum atomic E-state index is -4.70. The van der Waals surface area contributed by atoms with Crippen molar-refractivity contribution >= 4 is 51.4 Å². The van der Waals surface area contributed by atoms with Crippen LogP contribution in [-0.2, 0) is 12.7 Å². The SMILES string of the molecule is C=CC(O)N1[C@H](C)CN(c2nc(=O)n3c4c(c(-c5cc(Cl)cs5)c(C(F)(F)F)cc24)SC[C@@H](c2cnccn2)C3)C[C@@H]1C. The number of benzene rings is 1. The number of aliphatic hydroxyl groups excluding tert-OH is 1. The van der Waals surface area contributed by atoms with Crippen molar-refractivity contribution in [3.05, 3.63) is 75.5 Å². The summed E-state index contributed by atoms with van der Waals surface area (Å²) in [6.07, 6.45) is 0.595. The van der Waals surface area contributed by atoms with Crippen LogP contribution in [0.2, 0.25) is 5.02 Å². The van der Waals surface area contributed by atoms with Crippen LogP contribution < -0.4 is 10.6 Å². The molecule has 0 saturated carbocycles. The second kappa shape index (κ2) is 11.5. The standard InChI is InChI=1S/C29H28ClF3N6O2S2/c1-4-23(40)39-15(2)10-37(11-16(39)3)27-19-8-20(29(31,32)33)24(22-7-18(30)14-42-22)26-25(19)38(28(41)36-27)12-17(13-43-26)21-9-34-5-6-35-21/h4-9,14-17,23,40H,1,10-13H2,2-3H3/t15-,16+,17-,23?/m0/s1. The highest BCUT2D eigenvalue weighted by molar-refractivity contribution is 7.99. The highest BCUT2D eigenvalue weighted by atomic mass is 35.5. The van der Waals surface area contributed by atoms with E-state index in [-0.39, 0.29) is 41.3 Å². The number of aromatic nitrogens is 4. The molecule has 8 nitrogen and oxygen atoms in total. The van der Waals surface area contributed by atoms with E-state index in [0.717, 1.165) is 17.4 Å². The summed E-state index contributed by atoms with van der Waals surface area (Å²) >= 11 is 8.61. The molecule has 1 N–H and O–H groups in total. The van der Waals surface area contributed by atoms with Crippen LogP contribution >= 0.6 is 34.7 Å². The molecule has 1 unspecified atom stereocenters. The number of thiophene rings is 1. The molecular weight excluding hydrogens is 621 g/mol. The quantitative estimate of drug-likeness (QED) is 0.269. The Kier molecular flexibility index (Phi) is 8.05. The molecule has 2 aliphatic heterocycles. The zero-order valence-corrected chi connectivity index (χ0v) is 25.6. The molecule has 1 aromatic carbocycles. The Morgan fingerprint density at radius 2 is 1.93 bits per heavy atom. The molecule has 4 atom stereocenters. The number of alkyl halides is 3. The Labute approximate surface area is 258 Å². The maximum atomic E-state index is 14.9. The molecule has 0 spiro atoms. The molecule has 1 saturated heterocycles. The minimum Gasteiger partial charge on any atom is -0.375 e. The van der Waals surface area contributed by atoms with E-state index < -0.39 is 23.7 Å². The zero-order valence-electron chi connectivity index (χ0n) is 23.3. The van der Waals surface area contributed by atoms with Crippen LogP contribution in [0.15, 0.2) is 58.4 Å². The van der Waals surface area contributed by atoms with Crippen LogP contribution in [0.1, 0.15) is 31.0 Å². The largest absolute Gasteiger partial charge is 0.417 e. The van der Waals surface area contributed by atoms with Gasteiger partial charge in [-0.2, -0.15) is 18.2 Å². The molecule has 226 valence electrons. The smallest absolute Gasteiger partial charge is 0.375 e. The topological polar surface area (TPSA) is 87.4 Å². The molecule has 0 aliphatic carbocycles. The predicted octanol–water partition coefficient (Wildman–Crippen LogP) is 5.88. The van der Waals surface area contributed by atoms with E-state index in [1.807, 2.05) is 23.6 Å². The highest BCUT2D eigenvalue weighted by Crippen LogP contribution is 2.50. The van der Waals surface area contributed by atoms with E-state index in [9.17, 15) is 23.1 Å². The van der Waals surface area contributed by atoms with Crippen LogP contribution in [0.3, 0.4) is 0 Å². The summed E-state index contributed by atoms with van der Waals surface area (Å²) in [5.74, 6) is 0.283. The Morgan fingerprint density at radius 1 is 1.19 bits per heavy atom. The molecule has 6 rings (SSSR count). The van der Waals surface area contributed by atoms with Gasteiger partial charge in [-0.25, -0.2) is 4.79 Å². The average molecular weight is 649 g/mol. The second-order valence-electron chi connectivity index (χ2n) is 10.8. The maximum Gasteiger partial charge on any atom is 0.417 e. The summed E-state index contributed by atoms with van der Waals surface area (Å²) in [4.78, 5) is 31.3. The Balaban J connectivity index is 1.61. The number of nitrogens with zero attached hydrogens (tertiary/aromatic N) is 6. The highest BCUT2D eigenvalue weighted by Gasteiger charge is 2.40. The normalized spacial score (nSPS) is 22.0. The van der Waals surface area contributed by atoms with E-state index in [2.05, 4.69) is 21.5 Å². The van der Waals surface area contributed by atoms with Gasteiger partial charge in [-0.15, -0.1) is 23.1 Å². The summed E-state index contributed by atoms with van der Waals surface area (Å²) in [6, 6.07) is 2.26. The molecule has 0 radical (unpaired) electrons. The Hall–Kier alpha value is -2.97. The molecule has 14 heteroatoms. The van der Waals surface area contributed by atoms with Gasteiger partial charge in [-0.3, -0.25) is 19.4 Å². The molecule has 4 aromatic rings. The number of thioether (sulfide) groups is 1. The Bertz CT molecular complexity index is 1740. The maximum absolute atomic E-state index is 14.9. The van der Waals surface area contributed by atoms with Crippen molar-refractivity contribution in [3.63, 3.8) is 0 Å². The first-order valence-electron chi connectivity index (χ1n) is 13.6. The monoisotopic (exact) mass is 648 g/mol. The second-order valence-corrected chi connectivity index (χ2v) is 13.2. The van der Waals surface area contributed by atoms with Crippen molar-refractivity contribution in [1.29, 1.82) is 0 Å². The van der Waals surface area contributed by atoms with E-state index in [1.54, 1.807) is 24.0 Å². The fourth-order valence-corrected chi connectivity index (χ4v) is 8.73. The fourth-order valence-electron chi connectivity index (χ4n) is 6.17. The van der Waals surface area contributed by atoms with Gasteiger partial charge in [-0.1, -0.05) is 18.2 Å². The third kappa shape index (κ3) is 5.46.